The lowest BCUT2D eigenvalue weighted by Crippen LogP contribution is -1.98. The summed E-state index contributed by atoms with van der Waals surface area (Å²) in [6.07, 6.45) is 7.03. The van der Waals surface area contributed by atoms with Crippen LogP contribution in [0.4, 0.5) is 5.82 Å². The number of hydrogen-bond acceptors (Lipinski definition) is 4. The van der Waals surface area contributed by atoms with Gasteiger partial charge in [0.05, 0.1) is 5.52 Å². The molecular weight excluding hydrogens is 240 g/mol. The van der Waals surface area contributed by atoms with E-state index < -0.39 is 0 Å². The molecule has 2 N–H and O–H groups in total. The molecule has 92 valence electrons. The molecule has 4 aromatic heterocycles. The minimum Gasteiger partial charge on any atom is -0.382 e. The first-order valence-corrected chi connectivity index (χ1v) is 5.84. The van der Waals surface area contributed by atoms with Crippen molar-refractivity contribution in [3.05, 3.63) is 49.2 Å². The number of nitrogen functional groups attached to an aromatic ring is 1. The van der Waals surface area contributed by atoms with E-state index in [4.69, 9.17) is 5.73 Å². The SMILES string of the molecule is Nc1ncnn2ccc(-c3ccn4nccc4c3)c12. The number of hydrogen-bond donors (Lipinski definition) is 1. The summed E-state index contributed by atoms with van der Waals surface area (Å²) in [5.74, 6) is 0.475. The zero-order valence-electron chi connectivity index (χ0n) is 9.93. The number of nitrogens with two attached hydrogens (primary N) is 1. The molecule has 0 saturated heterocycles. The van der Waals surface area contributed by atoms with Crippen LogP contribution in [0.1, 0.15) is 0 Å². The van der Waals surface area contributed by atoms with E-state index in [0.717, 1.165) is 22.2 Å². The first-order valence-electron chi connectivity index (χ1n) is 5.84. The van der Waals surface area contributed by atoms with Crippen LogP contribution in [-0.2, 0) is 0 Å². The summed E-state index contributed by atoms with van der Waals surface area (Å²) in [7, 11) is 0. The van der Waals surface area contributed by atoms with Gasteiger partial charge in [-0.1, -0.05) is 0 Å². The van der Waals surface area contributed by atoms with Crippen molar-refractivity contribution in [2.75, 3.05) is 5.73 Å². The highest BCUT2D eigenvalue weighted by molar-refractivity contribution is 5.88. The minimum atomic E-state index is 0.475. The molecule has 0 spiro atoms. The van der Waals surface area contributed by atoms with Crippen molar-refractivity contribution in [1.82, 2.24) is 24.2 Å². The van der Waals surface area contributed by atoms with Crippen molar-refractivity contribution in [3.8, 4) is 11.1 Å². The first-order chi connectivity index (χ1) is 9.33. The number of rotatable bonds is 1. The smallest absolute Gasteiger partial charge is 0.151 e. The van der Waals surface area contributed by atoms with Crippen LogP contribution in [0.5, 0.6) is 0 Å². The van der Waals surface area contributed by atoms with Gasteiger partial charge in [-0.25, -0.2) is 14.0 Å². The van der Waals surface area contributed by atoms with Gasteiger partial charge in [0.15, 0.2) is 5.82 Å². The lowest BCUT2D eigenvalue weighted by Gasteiger charge is -2.03. The summed E-state index contributed by atoms with van der Waals surface area (Å²) in [5, 5.41) is 8.33. The molecule has 4 aromatic rings. The number of nitrogens with zero attached hydrogens (tertiary/aromatic N) is 5. The zero-order chi connectivity index (χ0) is 12.8. The van der Waals surface area contributed by atoms with E-state index in [-0.39, 0.29) is 0 Å². The summed E-state index contributed by atoms with van der Waals surface area (Å²) < 4.78 is 3.56. The third-order valence-corrected chi connectivity index (χ3v) is 3.19. The fourth-order valence-corrected chi connectivity index (χ4v) is 2.30. The van der Waals surface area contributed by atoms with Crippen molar-refractivity contribution < 1.29 is 0 Å². The van der Waals surface area contributed by atoms with E-state index >= 15 is 0 Å². The number of aromatic nitrogens is 5. The van der Waals surface area contributed by atoms with E-state index in [1.54, 1.807) is 10.7 Å². The monoisotopic (exact) mass is 250 g/mol. The molecule has 0 aliphatic heterocycles. The maximum atomic E-state index is 5.94. The fourth-order valence-electron chi connectivity index (χ4n) is 2.30. The molecule has 0 fully saturated rings. The molecule has 0 radical (unpaired) electrons. The molecule has 0 unspecified atom stereocenters. The Balaban J connectivity index is 2.03. The van der Waals surface area contributed by atoms with Crippen LogP contribution in [0.15, 0.2) is 49.2 Å². The van der Waals surface area contributed by atoms with Crippen LogP contribution in [0.3, 0.4) is 0 Å². The highest BCUT2D eigenvalue weighted by Gasteiger charge is 2.10. The van der Waals surface area contributed by atoms with Crippen LogP contribution in [0.25, 0.3) is 22.2 Å². The molecular formula is C13H10N6. The second-order valence-electron chi connectivity index (χ2n) is 4.28. The summed E-state index contributed by atoms with van der Waals surface area (Å²) in [4.78, 5) is 4.05. The van der Waals surface area contributed by atoms with Crippen molar-refractivity contribution in [3.63, 3.8) is 0 Å². The predicted octanol–water partition coefficient (Wildman–Crippen LogP) is 1.63. The molecule has 4 heterocycles. The van der Waals surface area contributed by atoms with Gasteiger partial charge in [-0.2, -0.15) is 10.2 Å². The zero-order valence-corrected chi connectivity index (χ0v) is 9.93. The normalized spacial score (nSPS) is 11.4. The number of anilines is 1. The lowest BCUT2D eigenvalue weighted by molar-refractivity contribution is 0.908. The van der Waals surface area contributed by atoms with E-state index in [2.05, 4.69) is 21.2 Å². The first kappa shape index (κ1) is 10.1. The molecule has 0 aromatic carbocycles. The highest BCUT2D eigenvalue weighted by Crippen LogP contribution is 2.28. The predicted molar refractivity (Wildman–Crippen MR) is 71.6 cm³/mol. The van der Waals surface area contributed by atoms with Crippen LogP contribution in [0, 0.1) is 0 Å². The van der Waals surface area contributed by atoms with E-state index in [0.29, 0.717) is 5.82 Å². The molecule has 4 rings (SSSR count). The van der Waals surface area contributed by atoms with Gasteiger partial charge < -0.3 is 5.73 Å². The molecule has 0 bridgehead atoms. The van der Waals surface area contributed by atoms with Gasteiger partial charge in [0.2, 0.25) is 0 Å². The Kier molecular flexibility index (Phi) is 1.88. The molecule has 0 atom stereocenters. The molecule has 0 aliphatic carbocycles. The Hall–Kier alpha value is -2.89. The maximum Gasteiger partial charge on any atom is 0.151 e. The van der Waals surface area contributed by atoms with E-state index in [1.807, 2.05) is 35.1 Å². The van der Waals surface area contributed by atoms with Gasteiger partial charge in [0.1, 0.15) is 11.8 Å². The third-order valence-electron chi connectivity index (χ3n) is 3.19. The van der Waals surface area contributed by atoms with Crippen molar-refractivity contribution in [2.24, 2.45) is 0 Å². The van der Waals surface area contributed by atoms with Crippen LogP contribution in [-0.4, -0.2) is 24.2 Å². The van der Waals surface area contributed by atoms with Gasteiger partial charge in [0.25, 0.3) is 0 Å². The summed E-state index contributed by atoms with van der Waals surface area (Å²) in [6, 6.07) is 8.01. The maximum absolute atomic E-state index is 5.94. The second kappa shape index (κ2) is 3.55. The Labute approximate surface area is 108 Å². The van der Waals surface area contributed by atoms with Gasteiger partial charge in [0, 0.05) is 24.2 Å². The van der Waals surface area contributed by atoms with Crippen molar-refractivity contribution in [2.45, 2.75) is 0 Å². The van der Waals surface area contributed by atoms with Gasteiger partial charge in [-0.15, -0.1) is 0 Å². The standard InChI is InChI=1S/C13H10N6/c14-13-12-11(3-6-19(12)17-8-15-13)9-2-5-18-10(7-9)1-4-16-18/h1-8H,(H2,14,15,17). The Morgan fingerprint density at radius 1 is 1.00 bits per heavy atom. The Morgan fingerprint density at radius 2 is 1.89 bits per heavy atom. The van der Waals surface area contributed by atoms with Crippen LogP contribution >= 0.6 is 0 Å². The van der Waals surface area contributed by atoms with Gasteiger partial charge >= 0.3 is 0 Å². The molecule has 19 heavy (non-hydrogen) atoms. The quantitative estimate of drug-likeness (QED) is 0.557. The Morgan fingerprint density at radius 3 is 2.84 bits per heavy atom. The summed E-state index contributed by atoms with van der Waals surface area (Å²) >= 11 is 0. The summed E-state index contributed by atoms with van der Waals surface area (Å²) in [5.41, 5.74) is 9.88. The third kappa shape index (κ3) is 1.40. The van der Waals surface area contributed by atoms with Crippen molar-refractivity contribution >= 4 is 16.9 Å². The lowest BCUT2D eigenvalue weighted by atomic mass is 10.1. The highest BCUT2D eigenvalue weighted by atomic mass is 15.2. The van der Waals surface area contributed by atoms with E-state index in [9.17, 15) is 0 Å². The van der Waals surface area contributed by atoms with Gasteiger partial charge in [-0.05, 0) is 29.8 Å². The van der Waals surface area contributed by atoms with Crippen LogP contribution in [0.2, 0.25) is 0 Å². The number of pyridine rings is 1. The average Bonchev–Trinajstić information content (AvgIpc) is 3.04. The summed E-state index contributed by atoms with van der Waals surface area (Å²) in [6.45, 7) is 0. The molecule has 0 aliphatic rings. The minimum absolute atomic E-state index is 0.475. The van der Waals surface area contributed by atoms with E-state index in [1.165, 1.54) is 6.33 Å². The molecule has 0 saturated carbocycles. The largest absolute Gasteiger partial charge is 0.382 e. The molecule has 6 heteroatoms. The topological polar surface area (TPSA) is 73.5 Å². The second-order valence-corrected chi connectivity index (χ2v) is 4.28. The fraction of sp³-hybridized carbons (Fsp3) is 0. The Bertz CT molecular complexity index is 888. The van der Waals surface area contributed by atoms with Crippen LogP contribution < -0.4 is 5.73 Å². The number of fused-ring (bicyclic) bond motifs is 2. The molecule has 0 amide bonds. The molecule has 6 nitrogen and oxygen atoms in total. The van der Waals surface area contributed by atoms with Gasteiger partial charge in [-0.3, -0.25) is 0 Å². The van der Waals surface area contributed by atoms with Crippen molar-refractivity contribution in [1.29, 1.82) is 0 Å². The average molecular weight is 250 g/mol.